The molecule has 1 aromatic carbocycles. The molecule has 6 nitrogen and oxygen atoms in total. The van der Waals surface area contributed by atoms with Crippen LogP contribution in [0.3, 0.4) is 0 Å². The molecular formula is C16H21N3O3S. The van der Waals surface area contributed by atoms with Crippen LogP contribution in [0.1, 0.15) is 25.7 Å². The van der Waals surface area contributed by atoms with Crippen LogP contribution < -0.4 is 5.32 Å². The fourth-order valence-corrected chi connectivity index (χ4v) is 4.94. The van der Waals surface area contributed by atoms with Crippen molar-refractivity contribution in [2.24, 2.45) is 4.40 Å². The molecule has 0 aromatic heterocycles. The predicted octanol–water partition coefficient (Wildman–Crippen LogP) is 1.84. The lowest BCUT2D eigenvalue weighted by Crippen LogP contribution is -2.54. The van der Waals surface area contributed by atoms with Crippen molar-refractivity contribution in [3.8, 4) is 0 Å². The highest BCUT2D eigenvalue weighted by molar-refractivity contribution is 7.90. The second kappa shape index (κ2) is 5.89. The lowest BCUT2D eigenvalue weighted by atomic mass is 9.90. The van der Waals surface area contributed by atoms with Gasteiger partial charge in [0, 0.05) is 12.6 Å². The second-order valence-electron chi connectivity index (χ2n) is 6.37. The number of benzene rings is 1. The lowest BCUT2D eigenvalue weighted by molar-refractivity contribution is -0.0827. The van der Waals surface area contributed by atoms with Crippen LogP contribution in [0.15, 0.2) is 33.6 Å². The molecule has 0 spiro atoms. The van der Waals surface area contributed by atoms with Crippen molar-refractivity contribution < 1.29 is 13.2 Å². The Morgan fingerprint density at radius 3 is 3.00 bits per heavy atom. The van der Waals surface area contributed by atoms with E-state index in [1.165, 1.54) is 12.8 Å². The number of nitrogens with zero attached hydrogens (tertiary/aromatic N) is 2. The Labute approximate surface area is 136 Å². The van der Waals surface area contributed by atoms with Crippen molar-refractivity contribution in [3.05, 3.63) is 24.3 Å². The molecule has 2 fully saturated rings. The molecule has 124 valence electrons. The van der Waals surface area contributed by atoms with E-state index in [4.69, 9.17) is 4.74 Å². The highest BCUT2D eigenvalue weighted by Crippen LogP contribution is 2.30. The summed E-state index contributed by atoms with van der Waals surface area (Å²) in [5, 5.41) is 3.18. The molecule has 2 aliphatic heterocycles. The van der Waals surface area contributed by atoms with Gasteiger partial charge in [-0.3, -0.25) is 4.90 Å². The molecule has 1 aliphatic carbocycles. The van der Waals surface area contributed by atoms with Crippen molar-refractivity contribution in [2.45, 2.75) is 42.7 Å². The van der Waals surface area contributed by atoms with Crippen LogP contribution in [0, 0.1) is 0 Å². The zero-order chi connectivity index (χ0) is 15.9. The molecule has 1 N–H and O–H groups in total. The highest BCUT2D eigenvalue weighted by Gasteiger charge is 2.35. The van der Waals surface area contributed by atoms with Gasteiger partial charge in [0.2, 0.25) is 0 Å². The molecule has 1 aromatic rings. The molecule has 23 heavy (non-hydrogen) atoms. The number of ether oxygens (including phenoxy) is 1. The molecule has 0 radical (unpaired) electrons. The lowest BCUT2D eigenvalue weighted by Gasteiger charge is -2.44. The van der Waals surface area contributed by atoms with E-state index in [-0.39, 0.29) is 11.0 Å². The topological polar surface area (TPSA) is 71.0 Å². The molecule has 0 unspecified atom stereocenters. The van der Waals surface area contributed by atoms with Crippen molar-refractivity contribution in [2.75, 3.05) is 25.0 Å². The number of sulfonamides is 1. The standard InChI is InChI=1S/C16H21N3O3S/c20-23(21)15-8-4-1-5-12(15)17-16(18-23)11-19-9-10-22-14-7-3-2-6-13(14)19/h1,4-5,8,13-14H,2-3,6-7,9-11H2,(H,17,18)/t13-,14-/m0/s1. The Hall–Kier alpha value is -1.44. The van der Waals surface area contributed by atoms with Crippen LogP contribution in [0.4, 0.5) is 5.69 Å². The van der Waals surface area contributed by atoms with E-state index in [1.807, 2.05) is 6.07 Å². The molecule has 7 heteroatoms. The van der Waals surface area contributed by atoms with Gasteiger partial charge in [0.25, 0.3) is 10.0 Å². The van der Waals surface area contributed by atoms with Gasteiger partial charge >= 0.3 is 0 Å². The van der Waals surface area contributed by atoms with Crippen LogP contribution in [0.25, 0.3) is 0 Å². The Morgan fingerprint density at radius 2 is 2.09 bits per heavy atom. The Morgan fingerprint density at radius 1 is 1.26 bits per heavy atom. The highest BCUT2D eigenvalue weighted by atomic mass is 32.2. The molecule has 1 saturated heterocycles. The summed E-state index contributed by atoms with van der Waals surface area (Å²) >= 11 is 0. The third kappa shape index (κ3) is 2.88. The van der Waals surface area contributed by atoms with Crippen LogP contribution in [0.2, 0.25) is 0 Å². The summed E-state index contributed by atoms with van der Waals surface area (Å²) < 4.78 is 34.5. The molecule has 4 rings (SSSR count). The van der Waals surface area contributed by atoms with Gasteiger partial charge in [-0.1, -0.05) is 25.0 Å². The van der Waals surface area contributed by atoms with E-state index in [1.54, 1.807) is 18.2 Å². The van der Waals surface area contributed by atoms with Crippen LogP contribution in [-0.4, -0.2) is 51.0 Å². The molecule has 1 saturated carbocycles. The van der Waals surface area contributed by atoms with Crippen molar-refractivity contribution >= 4 is 21.5 Å². The van der Waals surface area contributed by atoms with E-state index >= 15 is 0 Å². The number of rotatable bonds is 2. The smallest absolute Gasteiger partial charge is 0.286 e. The molecule has 2 heterocycles. The fraction of sp³-hybridized carbons (Fsp3) is 0.562. The average Bonchev–Trinajstić information content (AvgIpc) is 2.55. The monoisotopic (exact) mass is 335 g/mol. The quantitative estimate of drug-likeness (QED) is 0.893. The minimum atomic E-state index is -3.60. The van der Waals surface area contributed by atoms with Gasteiger partial charge in [-0.25, -0.2) is 0 Å². The second-order valence-corrected chi connectivity index (χ2v) is 7.94. The SMILES string of the molecule is O=S1(=O)N=C(CN2CCO[C@H]3CCCC[C@@H]32)Nc2ccccc21. The van der Waals surface area contributed by atoms with Gasteiger partial charge in [0.15, 0.2) is 0 Å². The van der Waals surface area contributed by atoms with Gasteiger partial charge in [0.05, 0.1) is 24.9 Å². The number of morpholine rings is 1. The van der Waals surface area contributed by atoms with Gasteiger partial charge in [-0.05, 0) is 25.0 Å². The minimum absolute atomic E-state index is 0.251. The van der Waals surface area contributed by atoms with Crippen molar-refractivity contribution in [1.82, 2.24) is 4.90 Å². The van der Waals surface area contributed by atoms with E-state index in [0.717, 1.165) is 19.4 Å². The molecule has 3 aliphatic rings. The number of anilines is 1. The minimum Gasteiger partial charge on any atom is -0.375 e. The number of fused-ring (bicyclic) bond motifs is 2. The maximum atomic E-state index is 12.3. The summed E-state index contributed by atoms with van der Waals surface area (Å²) in [5.41, 5.74) is 0.617. The largest absolute Gasteiger partial charge is 0.375 e. The zero-order valence-electron chi connectivity index (χ0n) is 12.9. The first kappa shape index (κ1) is 15.1. The molecular weight excluding hydrogens is 314 g/mol. The first-order chi connectivity index (χ1) is 11.1. The fourth-order valence-electron chi connectivity index (χ4n) is 3.80. The summed E-state index contributed by atoms with van der Waals surface area (Å²) in [6.45, 7) is 2.05. The van der Waals surface area contributed by atoms with E-state index < -0.39 is 10.0 Å². The van der Waals surface area contributed by atoms with E-state index in [9.17, 15) is 8.42 Å². The summed E-state index contributed by atoms with van der Waals surface area (Å²) in [6, 6.07) is 7.29. The Balaban J connectivity index is 1.56. The third-order valence-electron chi connectivity index (χ3n) is 4.87. The number of para-hydroxylation sites is 1. The number of hydrogen-bond acceptors (Lipinski definition) is 5. The van der Waals surface area contributed by atoms with Crippen LogP contribution >= 0.6 is 0 Å². The maximum absolute atomic E-state index is 12.3. The van der Waals surface area contributed by atoms with Gasteiger partial charge in [0.1, 0.15) is 10.7 Å². The number of nitrogens with one attached hydrogen (secondary N) is 1. The van der Waals surface area contributed by atoms with E-state index in [0.29, 0.717) is 30.7 Å². The predicted molar refractivity (Wildman–Crippen MR) is 88.3 cm³/mol. The molecule has 0 amide bonds. The number of amidine groups is 1. The third-order valence-corrected chi connectivity index (χ3v) is 6.25. The van der Waals surface area contributed by atoms with Gasteiger partial charge in [-0.15, -0.1) is 4.40 Å². The van der Waals surface area contributed by atoms with Crippen molar-refractivity contribution in [3.63, 3.8) is 0 Å². The zero-order valence-corrected chi connectivity index (χ0v) is 13.8. The molecule has 2 atom stereocenters. The van der Waals surface area contributed by atoms with Gasteiger partial charge < -0.3 is 10.1 Å². The summed E-state index contributed by atoms with van der Waals surface area (Å²) in [5.74, 6) is 0.509. The molecule has 0 bridgehead atoms. The van der Waals surface area contributed by atoms with Crippen LogP contribution in [-0.2, 0) is 14.8 Å². The maximum Gasteiger partial charge on any atom is 0.286 e. The Bertz CT molecular complexity index is 730. The summed E-state index contributed by atoms with van der Waals surface area (Å²) in [7, 11) is -3.60. The summed E-state index contributed by atoms with van der Waals surface area (Å²) in [6.07, 6.45) is 4.92. The summed E-state index contributed by atoms with van der Waals surface area (Å²) in [4.78, 5) is 2.57. The van der Waals surface area contributed by atoms with Gasteiger partial charge in [-0.2, -0.15) is 8.42 Å². The normalized spacial score (nSPS) is 29.8. The first-order valence-corrected chi connectivity index (χ1v) is 9.63. The average molecular weight is 335 g/mol. The Kier molecular flexibility index (Phi) is 3.87. The van der Waals surface area contributed by atoms with Crippen molar-refractivity contribution in [1.29, 1.82) is 0 Å². The van der Waals surface area contributed by atoms with E-state index in [2.05, 4.69) is 14.6 Å². The first-order valence-electron chi connectivity index (χ1n) is 8.19. The van der Waals surface area contributed by atoms with Crippen LogP contribution in [0.5, 0.6) is 0 Å². The number of hydrogen-bond donors (Lipinski definition) is 1.